The summed E-state index contributed by atoms with van der Waals surface area (Å²) < 4.78 is 23.8. The number of hydrogen-bond donors (Lipinski definition) is 1. The van der Waals surface area contributed by atoms with Crippen LogP contribution in [0.4, 0.5) is 10.1 Å². The number of methoxy groups -OCH3 is 1. The highest BCUT2D eigenvalue weighted by Gasteiger charge is 2.05. The third kappa shape index (κ3) is 2.68. The molecule has 1 heterocycles. The van der Waals surface area contributed by atoms with Crippen molar-refractivity contribution in [3.63, 3.8) is 0 Å². The maximum atomic E-state index is 13.2. The van der Waals surface area contributed by atoms with Crippen molar-refractivity contribution in [1.29, 1.82) is 0 Å². The average molecular weight is 248 g/mol. The smallest absolute Gasteiger partial charge is 0.219 e. The highest BCUT2D eigenvalue weighted by molar-refractivity contribution is 5.43. The predicted octanol–water partition coefficient (Wildman–Crippen LogP) is 2.39. The summed E-state index contributed by atoms with van der Waals surface area (Å²) in [5.41, 5.74) is 6.27. The first-order valence-electron chi connectivity index (χ1n) is 5.36. The molecule has 1 aromatic carbocycles. The lowest BCUT2D eigenvalue weighted by molar-refractivity contribution is 0.292. The Hall–Kier alpha value is -2.30. The fourth-order valence-electron chi connectivity index (χ4n) is 1.48. The summed E-state index contributed by atoms with van der Waals surface area (Å²) in [6, 6.07) is 7.94. The lowest BCUT2D eigenvalue weighted by atomic mass is 10.2. The molecule has 4 nitrogen and oxygen atoms in total. The minimum absolute atomic E-state index is 0.0984. The molecular weight excluding hydrogens is 235 g/mol. The zero-order chi connectivity index (χ0) is 13.0. The van der Waals surface area contributed by atoms with Gasteiger partial charge in [-0.1, -0.05) is 0 Å². The number of ether oxygens (including phenoxy) is 2. The van der Waals surface area contributed by atoms with Gasteiger partial charge in [-0.25, -0.2) is 9.37 Å². The Labute approximate surface area is 104 Å². The molecule has 0 atom stereocenters. The van der Waals surface area contributed by atoms with Gasteiger partial charge in [-0.3, -0.25) is 0 Å². The minimum atomic E-state index is -0.495. The van der Waals surface area contributed by atoms with Crippen LogP contribution in [0.5, 0.6) is 11.6 Å². The van der Waals surface area contributed by atoms with Crippen LogP contribution in [-0.4, -0.2) is 12.1 Å². The van der Waals surface area contributed by atoms with E-state index in [1.807, 2.05) is 6.07 Å². The van der Waals surface area contributed by atoms with Gasteiger partial charge >= 0.3 is 0 Å². The third-order valence-electron chi connectivity index (χ3n) is 2.41. The first-order chi connectivity index (χ1) is 8.70. The van der Waals surface area contributed by atoms with E-state index in [1.54, 1.807) is 18.3 Å². The first kappa shape index (κ1) is 12.2. The maximum absolute atomic E-state index is 13.2. The molecule has 0 saturated heterocycles. The van der Waals surface area contributed by atoms with Gasteiger partial charge in [-0.15, -0.1) is 0 Å². The SMILES string of the molecule is COc1ncccc1COc1ccc(N)c(F)c1. The van der Waals surface area contributed by atoms with Crippen molar-refractivity contribution >= 4 is 5.69 Å². The van der Waals surface area contributed by atoms with E-state index < -0.39 is 5.82 Å². The Bertz CT molecular complexity index is 546. The van der Waals surface area contributed by atoms with Crippen LogP contribution in [0.15, 0.2) is 36.5 Å². The number of nitrogens with zero attached hydrogens (tertiary/aromatic N) is 1. The number of benzene rings is 1. The summed E-state index contributed by atoms with van der Waals surface area (Å²) in [6.07, 6.45) is 1.63. The molecule has 0 aliphatic rings. The monoisotopic (exact) mass is 248 g/mol. The van der Waals surface area contributed by atoms with E-state index in [-0.39, 0.29) is 12.3 Å². The van der Waals surface area contributed by atoms with Crippen molar-refractivity contribution in [2.24, 2.45) is 0 Å². The topological polar surface area (TPSA) is 57.4 Å². The van der Waals surface area contributed by atoms with Crippen LogP contribution >= 0.6 is 0 Å². The number of anilines is 1. The van der Waals surface area contributed by atoms with Gasteiger partial charge in [0, 0.05) is 12.3 Å². The Morgan fingerprint density at radius 1 is 1.33 bits per heavy atom. The molecule has 0 radical (unpaired) electrons. The molecule has 0 aliphatic heterocycles. The van der Waals surface area contributed by atoms with Gasteiger partial charge < -0.3 is 15.2 Å². The molecule has 2 aromatic rings. The van der Waals surface area contributed by atoms with Crippen LogP contribution < -0.4 is 15.2 Å². The van der Waals surface area contributed by atoms with Crippen LogP contribution in [0.2, 0.25) is 0 Å². The largest absolute Gasteiger partial charge is 0.489 e. The summed E-state index contributed by atoms with van der Waals surface area (Å²) in [4.78, 5) is 4.04. The summed E-state index contributed by atoms with van der Waals surface area (Å²) in [7, 11) is 1.54. The van der Waals surface area contributed by atoms with Crippen LogP contribution in [0.3, 0.4) is 0 Å². The maximum Gasteiger partial charge on any atom is 0.219 e. The summed E-state index contributed by atoms with van der Waals surface area (Å²) in [6.45, 7) is 0.250. The average Bonchev–Trinajstić information content (AvgIpc) is 2.40. The van der Waals surface area contributed by atoms with E-state index in [9.17, 15) is 4.39 Å². The summed E-state index contributed by atoms with van der Waals surface area (Å²) >= 11 is 0. The van der Waals surface area contributed by atoms with E-state index in [0.717, 1.165) is 5.56 Å². The molecule has 0 fully saturated rings. The molecule has 5 heteroatoms. The lowest BCUT2D eigenvalue weighted by Crippen LogP contribution is -2.00. The highest BCUT2D eigenvalue weighted by atomic mass is 19.1. The second-order valence-electron chi connectivity index (χ2n) is 3.64. The Kier molecular flexibility index (Phi) is 3.62. The van der Waals surface area contributed by atoms with Crippen molar-refractivity contribution in [3.8, 4) is 11.6 Å². The fourth-order valence-corrected chi connectivity index (χ4v) is 1.48. The van der Waals surface area contributed by atoms with E-state index in [2.05, 4.69) is 4.98 Å². The second-order valence-corrected chi connectivity index (χ2v) is 3.64. The number of nitrogen functional groups attached to an aromatic ring is 1. The van der Waals surface area contributed by atoms with E-state index in [4.69, 9.17) is 15.2 Å². The Balaban J connectivity index is 2.09. The molecule has 0 aliphatic carbocycles. The van der Waals surface area contributed by atoms with Crippen molar-refractivity contribution in [3.05, 3.63) is 47.9 Å². The number of hydrogen-bond acceptors (Lipinski definition) is 4. The summed E-state index contributed by atoms with van der Waals surface area (Å²) in [5, 5.41) is 0. The molecule has 0 unspecified atom stereocenters. The normalized spacial score (nSPS) is 10.1. The molecular formula is C13H13FN2O2. The van der Waals surface area contributed by atoms with E-state index >= 15 is 0 Å². The van der Waals surface area contributed by atoms with Crippen LogP contribution in [0.25, 0.3) is 0 Å². The number of rotatable bonds is 4. The standard InChI is InChI=1S/C13H13FN2O2/c1-17-13-9(3-2-6-16-13)8-18-10-4-5-12(15)11(14)7-10/h2-7H,8,15H2,1H3. The molecule has 0 bridgehead atoms. The lowest BCUT2D eigenvalue weighted by Gasteiger charge is -2.09. The Morgan fingerprint density at radius 3 is 2.89 bits per heavy atom. The second kappa shape index (κ2) is 5.35. The Morgan fingerprint density at radius 2 is 2.17 bits per heavy atom. The summed E-state index contributed by atoms with van der Waals surface area (Å²) in [5.74, 6) is 0.409. The molecule has 2 N–H and O–H groups in total. The van der Waals surface area contributed by atoms with Gasteiger partial charge in [0.15, 0.2) is 0 Å². The van der Waals surface area contributed by atoms with E-state index in [0.29, 0.717) is 11.6 Å². The molecule has 0 saturated carbocycles. The molecule has 94 valence electrons. The van der Waals surface area contributed by atoms with Crippen molar-refractivity contribution < 1.29 is 13.9 Å². The van der Waals surface area contributed by atoms with Crippen LogP contribution in [-0.2, 0) is 6.61 Å². The van der Waals surface area contributed by atoms with Crippen LogP contribution in [0.1, 0.15) is 5.56 Å². The third-order valence-corrected chi connectivity index (χ3v) is 2.41. The van der Waals surface area contributed by atoms with Crippen LogP contribution in [0, 0.1) is 5.82 Å². The number of pyridine rings is 1. The number of aromatic nitrogens is 1. The zero-order valence-electron chi connectivity index (χ0n) is 9.89. The quantitative estimate of drug-likeness (QED) is 0.844. The first-order valence-corrected chi connectivity index (χ1v) is 5.36. The molecule has 0 amide bonds. The molecule has 18 heavy (non-hydrogen) atoms. The molecule has 2 rings (SSSR count). The fraction of sp³-hybridized carbons (Fsp3) is 0.154. The molecule has 1 aromatic heterocycles. The van der Waals surface area contributed by atoms with Crippen molar-refractivity contribution in [2.45, 2.75) is 6.61 Å². The number of nitrogens with two attached hydrogens (primary N) is 1. The van der Waals surface area contributed by atoms with Crippen molar-refractivity contribution in [1.82, 2.24) is 4.98 Å². The van der Waals surface area contributed by atoms with Gasteiger partial charge in [0.1, 0.15) is 18.2 Å². The molecule has 0 spiro atoms. The van der Waals surface area contributed by atoms with Gasteiger partial charge in [0.05, 0.1) is 18.4 Å². The van der Waals surface area contributed by atoms with Gasteiger partial charge in [0.2, 0.25) is 5.88 Å². The van der Waals surface area contributed by atoms with Crippen molar-refractivity contribution in [2.75, 3.05) is 12.8 Å². The number of halogens is 1. The van der Waals surface area contributed by atoms with Gasteiger partial charge in [0.25, 0.3) is 0 Å². The predicted molar refractivity (Wildman–Crippen MR) is 65.9 cm³/mol. The minimum Gasteiger partial charge on any atom is -0.489 e. The van der Waals surface area contributed by atoms with Gasteiger partial charge in [-0.05, 0) is 24.3 Å². The van der Waals surface area contributed by atoms with Gasteiger partial charge in [-0.2, -0.15) is 0 Å². The highest BCUT2D eigenvalue weighted by Crippen LogP contribution is 2.21. The van der Waals surface area contributed by atoms with E-state index in [1.165, 1.54) is 19.2 Å². The zero-order valence-corrected chi connectivity index (χ0v) is 9.89.